The molecular weight excluding hydrogens is 418 g/mol. The lowest BCUT2D eigenvalue weighted by molar-refractivity contribution is -0.139. The molecule has 3 saturated heterocycles. The van der Waals surface area contributed by atoms with Crippen LogP contribution in [0.4, 0.5) is 0 Å². The van der Waals surface area contributed by atoms with Gasteiger partial charge in [0.1, 0.15) is 18.7 Å². The lowest BCUT2D eigenvalue weighted by Gasteiger charge is -2.31. The average Bonchev–Trinajstić information content (AvgIpc) is 3.58. The summed E-state index contributed by atoms with van der Waals surface area (Å²) in [4.78, 5) is 43.1. The lowest BCUT2D eigenvalue weighted by atomic mass is 9.89. The smallest absolute Gasteiger partial charge is 0.251 e. The fourth-order valence-electron chi connectivity index (χ4n) is 6.17. The van der Waals surface area contributed by atoms with Crippen molar-refractivity contribution in [3.05, 3.63) is 35.4 Å². The summed E-state index contributed by atoms with van der Waals surface area (Å²) in [6.07, 6.45) is 6.78. The molecule has 33 heavy (non-hydrogen) atoms. The number of hydrogen-bond acceptors (Lipinski definition) is 5. The molecule has 7 heteroatoms. The molecular formula is C26H35N3O4. The Morgan fingerprint density at radius 1 is 1.00 bits per heavy atom. The van der Waals surface area contributed by atoms with E-state index in [0.717, 1.165) is 51.6 Å². The minimum absolute atomic E-state index is 0.0214. The summed E-state index contributed by atoms with van der Waals surface area (Å²) in [5.41, 5.74) is 1.87. The van der Waals surface area contributed by atoms with Crippen LogP contribution in [0.3, 0.4) is 0 Å². The molecule has 0 unspecified atom stereocenters. The number of ketones is 1. The molecule has 3 aliphatic heterocycles. The number of benzene rings is 1. The number of amides is 2. The average molecular weight is 454 g/mol. The minimum Gasteiger partial charge on any atom is -0.368 e. The number of fused-ring (bicyclic) bond motifs is 1. The summed E-state index contributed by atoms with van der Waals surface area (Å²) in [6, 6.07) is 6.85. The third kappa shape index (κ3) is 4.58. The molecule has 5 rings (SSSR count). The third-order valence-corrected chi connectivity index (χ3v) is 8.18. The van der Waals surface area contributed by atoms with Gasteiger partial charge < -0.3 is 19.9 Å². The molecule has 1 aromatic rings. The van der Waals surface area contributed by atoms with Gasteiger partial charge in [0.25, 0.3) is 5.91 Å². The van der Waals surface area contributed by atoms with Gasteiger partial charge >= 0.3 is 0 Å². The lowest BCUT2D eigenvalue weighted by Crippen LogP contribution is -2.54. The number of Topliss-reactive ketones (excluding diaryl/α,β-unsaturated/α-hetero) is 1. The number of nitrogens with zero attached hydrogens (tertiary/aromatic N) is 2. The van der Waals surface area contributed by atoms with Gasteiger partial charge in [-0.2, -0.15) is 0 Å². The zero-order chi connectivity index (χ0) is 22.9. The van der Waals surface area contributed by atoms with Gasteiger partial charge in [-0.1, -0.05) is 25.0 Å². The Hall–Kier alpha value is -2.25. The Morgan fingerprint density at radius 2 is 1.70 bits per heavy atom. The van der Waals surface area contributed by atoms with Crippen molar-refractivity contribution >= 4 is 17.6 Å². The van der Waals surface area contributed by atoms with Crippen molar-refractivity contribution < 1.29 is 19.1 Å². The van der Waals surface area contributed by atoms with Crippen LogP contribution in [-0.2, 0) is 14.3 Å². The van der Waals surface area contributed by atoms with E-state index in [1.807, 2.05) is 12.1 Å². The van der Waals surface area contributed by atoms with Crippen LogP contribution in [-0.4, -0.2) is 78.9 Å². The van der Waals surface area contributed by atoms with E-state index in [9.17, 15) is 14.4 Å². The van der Waals surface area contributed by atoms with Crippen molar-refractivity contribution in [1.82, 2.24) is 15.1 Å². The van der Waals surface area contributed by atoms with Crippen molar-refractivity contribution in [2.24, 2.45) is 5.92 Å². The van der Waals surface area contributed by atoms with E-state index in [2.05, 4.69) is 29.4 Å². The van der Waals surface area contributed by atoms with Gasteiger partial charge in [-0.3, -0.25) is 14.4 Å². The van der Waals surface area contributed by atoms with Crippen molar-refractivity contribution in [2.75, 3.05) is 33.3 Å². The Labute approximate surface area is 195 Å². The largest absolute Gasteiger partial charge is 0.368 e. The van der Waals surface area contributed by atoms with Crippen molar-refractivity contribution in [3.63, 3.8) is 0 Å². The van der Waals surface area contributed by atoms with E-state index in [1.54, 1.807) is 4.90 Å². The SMILES string of the molecule is CN1CCC(c2ccc(C(=O)N[C@H](C(=O)N3CC[C@H]4OCC(=O)[C@H]43)C3CCCC3)cc2)CC1. The van der Waals surface area contributed by atoms with Gasteiger partial charge in [-0.25, -0.2) is 0 Å². The first-order valence-electron chi connectivity index (χ1n) is 12.6. The normalized spacial score (nSPS) is 27.7. The highest BCUT2D eigenvalue weighted by Crippen LogP contribution is 2.33. The van der Waals surface area contributed by atoms with Crippen LogP contribution >= 0.6 is 0 Å². The number of carbonyl (C=O) groups is 3. The number of ether oxygens (including phenoxy) is 1. The first kappa shape index (κ1) is 22.5. The van der Waals surface area contributed by atoms with Crippen LogP contribution in [0.25, 0.3) is 0 Å². The molecule has 0 bridgehead atoms. The first-order chi connectivity index (χ1) is 16.0. The summed E-state index contributed by atoms with van der Waals surface area (Å²) < 4.78 is 5.56. The summed E-state index contributed by atoms with van der Waals surface area (Å²) in [6.45, 7) is 2.81. The fourth-order valence-corrected chi connectivity index (χ4v) is 6.17. The van der Waals surface area contributed by atoms with E-state index in [0.29, 0.717) is 24.4 Å². The second kappa shape index (κ2) is 9.55. The summed E-state index contributed by atoms with van der Waals surface area (Å²) in [5, 5.41) is 3.06. The van der Waals surface area contributed by atoms with E-state index >= 15 is 0 Å². The minimum atomic E-state index is -0.583. The van der Waals surface area contributed by atoms with Crippen LogP contribution in [0, 0.1) is 5.92 Å². The maximum atomic E-state index is 13.6. The number of rotatable bonds is 5. The second-order valence-corrected chi connectivity index (χ2v) is 10.3. The summed E-state index contributed by atoms with van der Waals surface area (Å²) in [7, 11) is 2.16. The summed E-state index contributed by atoms with van der Waals surface area (Å²) >= 11 is 0. The Morgan fingerprint density at radius 3 is 2.39 bits per heavy atom. The predicted octanol–water partition coefficient (Wildman–Crippen LogP) is 2.35. The zero-order valence-corrected chi connectivity index (χ0v) is 19.5. The monoisotopic (exact) mass is 453 g/mol. The molecule has 1 saturated carbocycles. The number of carbonyl (C=O) groups excluding carboxylic acids is 3. The maximum Gasteiger partial charge on any atom is 0.251 e. The third-order valence-electron chi connectivity index (χ3n) is 8.18. The molecule has 178 valence electrons. The molecule has 1 N–H and O–H groups in total. The molecule has 0 aromatic heterocycles. The van der Waals surface area contributed by atoms with Crippen LogP contribution in [0.2, 0.25) is 0 Å². The molecule has 3 heterocycles. The molecule has 7 nitrogen and oxygen atoms in total. The standard InChI is InChI=1S/C26H35N3O4/c1-28-13-10-18(11-14-28)17-6-8-20(9-7-17)25(31)27-23(19-4-2-3-5-19)26(32)29-15-12-22-24(29)21(30)16-33-22/h6-9,18-19,22-24H,2-5,10-16H2,1H3,(H,27,31)/t22-,23+,24-/m1/s1. The van der Waals surface area contributed by atoms with E-state index in [4.69, 9.17) is 4.74 Å². The highest BCUT2D eigenvalue weighted by Gasteiger charge is 2.49. The zero-order valence-electron chi connectivity index (χ0n) is 19.5. The van der Waals surface area contributed by atoms with E-state index in [1.165, 1.54) is 5.56 Å². The molecule has 4 aliphatic rings. The van der Waals surface area contributed by atoms with Gasteiger partial charge in [0, 0.05) is 12.1 Å². The van der Waals surface area contributed by atoms with E-state index < -0.39 is 12.1 Å². The fraction of sp³-hybridized carbons (Fsp3) is 0.654. The number of hydrogen-bond donors (Lipinski definition) is 1. The molecule has 0 spiro atoms. The van der Waals surface area contributed by atoms with Crippen LogP contribution in [0.1, 0.15) is 66.8 Å². The number of likely N-dealkylation sites (tertiary alicyclic amines) is 2. The van der Waals surface area contributed by atoms with Crippen molar-refractivity contribution in [2.45, 2.75) is 69.1 Å². The highest BCUT2D eigenvalue weighted by molar-refractivity contribution is 5.99. The molecule has 1 aliphatic carbocycles. The van der Waals surface area contributed by atoms with Gasteiger partial charge in [0.15, 0.2) is 5.78 Å². The predicted molar refractivity (Wildman–Crippen MR) is 124 cm³/mol. The first-order valence-corrected chi connectivity index (χ1v) is 12.6. The Kier molecular flexibility index (Phi) is 6.52. The Balaban J connectivity index is 1.28. The molecule has 4 fully saturated rings. The summed E-state index contributed by atoms with van der Waals surface area (Å²) in [5.74, 6) is 0.313. The van der Waals surface area contributed by atoms with Crippen LogP contribution in [0.5, 0.6) is 0 Å². The van der Waals surface area contributed by atoms with Crippen molar-refractivity contribution in [3.8, 4) is 0 Å². The topological polar surface area (TPSA) is 79.0 Å². The molecule has 1 aromatic carbocycles. The molecule has 2 amide bonds. The Bertz CT molecular complexity index is 887. The quantitative estimate of drug-likeness (QED) is 0.741. The van der Waals surface area contributed by atoms with Gasteiger partial charge in [0.05, 0.1) is 6.10 Å². The van der Waals surface area contributed by atoms with Crippen LogP contribution in [0.15, 0.2) is 24.3 Å². The van der Waals surface area contributed by atoms with E-state index in [-0.39, 0.29) is 36.2 Å². The number of nitrogens with one attached hydrogen (secondary N) is 1. The second-order valence-electron chi connectivity index (χ2n) is 10.3. The van der Waals surface area contributed by atoms with Gasteiger partial charge in [0.2, 0.25) is 5.91 Å². The van der Waals surface area contributed by atoms with Crippen molar-refractivity contribution in [1.29, 1.82) is 0 Å². The van der Waals surface area contributed by atoms with Gasteiger partial charge in [-0.15, -0.1) is 0 Å². The highest BCUT2D eigenvalue weighted by atomic mass is 16.5. The molecule has 0 radical (unpaired) electrons. The maximum absolute atomic E-state index is 13.6. The van der Waals surface area contributed by atoms with Gasteiger partial charge in [-0.05, 0) is 81.8 Å². The number of piperidine rings is 1. The van der Waals surface area contributed by atoms with Crippen LogP contribution < -0.4 is 5.32 Å². The molecule has 3 atom stereocenters.